The Morgan fingerprint density at radius 2 is 2.05 bits per heavy atom. The van der Waals surface area contributed by atoms with Crippen molar-refractivity contribution in [2.45, 2.75) is 25.4 Å². The van der Waals surface area contributed by atoms with Gasteiger partial charge in [0.05, 0.1) is 5.02 Å². The van der Waals surface area contributed by atoms with Crippen molar-refractivity contribution in [3.05, 3.63) is 52.8 Å². The van der Waals surface area contributed by atoms with Gasteiger partial charge in [-0.2, -0.15) is 0 Å². The van der Waals surface area contributed by atoms with E-state index in [0.29, 0.717) is 23.3 Å². The molecule has 1 N–H and O–H groups in total. The fourth-order valence-electron chi connectivity index (χ4n) is 2.41. The van der Waals surface area contributed by atoms with Crippen molar-refractivity contribution in [2.24, 2.45) is 0 Å². The van der Waals surface area contributed by atoms with E-state index in [1.54, 1.807) is 30.1 Å². The van der Waals surface area contributed by atoms with Crippen molar-refractivity contribution in [3.8, 4) is 5.75 Å². The molecule has 1 amide bonds. The number of benzene rings is 1. The summed E-state index contributed by atoms with van der Waals surface area (Å²) in [5.41, 5.74) is 1.61. The summed E-state index contributed by atoms with van der Waals surface area (Å²) in [5.74, 6) is 0.184. The summed E-state index contributed by atoms with van der Waals surface area (Å²) in [6, 6.07) is 9.01. The molecule has 3 rings (SSSR count). The highest BCUT2D eigenvalue weighted by atomic mass is 35.5. The first kappa shape index (κ1) is 14.0. The van der Waals surface area contributed by atoms with Crippen LogP contribution in [0.15, 0.2) is 36.5 Å². The molecule has 21 heavy (non-hydrogen) atoms. The summed E-state index contributed by atoms with van der Waals surface area (Å²) < 4.78 is 1.98. The molecule has 5 heteroatoms. The normalized spacial score (nSPS) is 14.2. The van der Waals surface area contributed by atoms with E-state index in [9.17, 15) is 9.90 Å². The van der Waals surface area contributed by atoms with Gasteiger partial charge in [-0.25, -0.2) is 0 Å². The van der Waals surface area contributed by atoms with E-state index >= 15 is 0 Å². The van der Waals surface area contributed by atoms with Crippen LogP contribution in [-0.2, 0) is 6.54 Å². The molecule has 1 aromatic heterocycles. The summed E-state index contributed by atoms with van der Waals surface area (Å²) in [7, 11) is 1.77. The van der Waals surface area contributed by atoms with E-state index in [1.807, 2.05) is 22.9 Å². The summed E-state index contributed by atoms with van der Waals surface area (Å²) >= 11 is 6.04. The fraction of sp³-hybridized carbons (Fsp3) is 0.312. The Hall–Kier alpha value is -1.94. The number of aromatic nitrogens is 1. The van der Waals surface area contributed by atoms with E-state index in [4.69, 9.17) is 11.6 Å². The molecular weight excluding hydrogens is 288 g/mol. The van der Waals surface area contributed by atoms with Gasteiger partial charge in [0.1, 0.15) is 11.4 Å². The largest absolute Gasteiger partial charge is 0.508 e. The van der Waals surface area contributed by atoms with E-state index in [1.165, 1.54) is 0 Å². The number of amides is 1. The molecule has 0 aliphatic heterocycles. The molecule has 0 unspecified atom stereocenters. The minimum Gasteiger partial charge on any atom is -0.508 e. The molecule has 0 atom stereocenters. The number of hydrogen-bond acceptors (Lipinski definition) is 2. The highest BCUT2D eigenvalue weighted by molar-refractivity contribution is 6.31. The van der Waals surface area contributed by atoms with Gasteiger partial charge >= 0.3 is 0 Å². The maximum Gasteiger partial charge on any atom is 0.270 e. The van der Waals surface area contributed by atoms with Crippen LogP contribution < -0.4 is 0 Å². The molecule has 1 saturated carbocycles. The quantitative estimate of drug-likeness (QED) is 0.940. The van der Waals surface area contributed by atoms with Crippen LogP contribution in [0.3, 0.4) is 0 Å². The Morgan fingerprint density at radius 1 is 1.38 bits per heavy atom. The summed E-state index contributed by atoms with van der Waals surface area (Å²) in [4.78, 5) is 14.2. The van der Waals surface area contributed by atoms with Gasteiger partial charge in [0, 0.05) is 25.8 Å². The smallest absolute Gasteiger partial charge is 0.270 e. The average Bonchev–Trinajstić information content (AvgIpc) is 3.23. The van der Waals surface area contributed by atoms with Gasteiger partial charge in [-0.1, -0.05) is 23.7 Å². The molecule has 1 aliphatic carbocycles. The second-order valence-electron chi connectivity index (χ2n) is 5.51. The molecule has 0 bridgehead atoms. The van der Waals surface area contributed by atoms with Gasteiger partial charge < -0.3 is 14.6 Å². The summed E-state index contributed by atoms with van der Waals surface area (Å²) in [5, 5.41) is 9.89. The van der Waals surface area contributed by atoms with Crippen LogP contribution in [0, 0.1) is 0 Å². The molecule has 2 aromatic rings. The Labute approximate surface area is 128 Å². The number of carbonyl (C=O) groups is 1. The number of nitrogens with zero attached hydrogens (tertiary/aromatic N) is 2. The van der Waals surface area contributed by atoms with Crippen molar-refractivity contribution in [1.82, 2.24) is 9.47 Å². The zero-order valence-corrected chi connectivity index (χ0v) is 12.5. The van der Waals surface area contributed by atoms with Crippen LogP contribution in [0.2, 0.25) is 5.02 Å². The number of aromatic hydroxyl groups is 1. The number of phenolic OH excluding ortho intramolecular Hbond substituents is 1. The standard InChI is InChI=1S/C16H17ClN2O2/c1-18(9-11-2-6-14(20)7-3-11)16(21)15-8-12(17)10-19(15)13-4-5-13/h2-3,6-8,10,13,20H,4-5,9H2,1H3. The van der Waals surface area contributed by atoms with Crippen LogP contribution in [0.1, 0.15) is 34.9 Å². The summed E-state index contributed by atoms with van der Waals surface area (Å²) in [6.45, 7) is 0.493. The van der Waals surface area contributed by atoms with Crippen molar-refractivity contribution in [1.29, 1.82) is 0 Å². The molecule has 1 heterocycles. The lowest BCUT2D eigenvalue weighted by molar-refractivity contribution is 0.0774. The predicted molar refractivity (Wildman–Crippen MR) is 81.6 cm³/mol. The van der Waals surface area contributed by atoms with Crippen LogP contribution in [0.4, 0.5) is 0 Å². The van der Waals surface area contributed by atoms with Gasteiger partial charge in [-0.15, -0.1) is 0 Å². The number of hydrogen-bond donors (Lipinski definition) is 1. The lowest BCUT2D eigenvalue weighted by Crippen LogP contribution is -2.28. The van der Waals surface area contributed by atoms with Crippen LogP contribution in [0.25, 0.3) is 0 Å². The molecule has 4 nitrogen and oxygen atoms in total. The first-order valence-corrected chi connectivity index (χ1v) is 7.33. The van der Waals surface area contributed by atoms with Crippen molar-refractivity contribution < 1.29 is 9.90 Å². The second kappa shape index (κ2) is 5.45. The van der Waals surface area contributed by atoms with Gasteiger partial charge in [0.15, 0.2) is 0 Å². The average molecular weight is 305 g/mol. The van der Waals surface area contributed by atoms with Gasteiger partial charge in [0.2, 0.25) is 0 Å². The topological polar surface area (TPSA) is 45.5 Å². The SMILES string of the molecule is CN(Cc1ccc(O)cc1)C(=O)c1cc(Cl)cn1C1CC1. The van der Waals surface area contributed by atoms with Gasteiger partial charge in [-0.3, -0.25) is 4.79 Å². The minimum atomic E-state index is -0.0399. The number of rotatable bonds is 4. The Kier molecular flexibility index (Phi) is 3.64. The van der Waals surface area contributed by atoms with E-state index < -0.39 is 0 Å². The third kappa shape index (κ3) is 3.05. The van der Waals surface area contributed by atoms with Gasteiger partial charge in [0.25, 0.3) is 5.91 Å². The van der Waals surface area contributed by atoms with E-state index in [2.05, 4.69) is 0 Å². The maximum absolute atomic E-state index is 12.6. The number of halogens is 1. The van der Waals surface area contributed by atoms with Crippen molar-refractivity contribution >= 4 is 17.5 Å². The Morgan fingerprint density at radius 3 is 2.67 bits per heavy atom. The first-order chi connectivity index (χ1) is 10.0. The highest BCUT2D eigenvalue weighted by Crippen LogP contribution is 2.37. The molecule has 110 valence electrons. The first-order valence-electron chi connectivity index (χ1n) is 6.95. The zero-order chi connectivity index (χ0) is 15.0. The lowest BCUT2D eigenvalue weighted by Gasteiger charge is -2.18. The van der Waals surface area contributed by atoms with Gasteiger partial charge in [-0.05, 0) is 36.6 Å². The molecule has 1 aliphatic rings. The number of phenols is 1. The van der Waals surface area contributed by atoms with Crippen molar-refractivity contribution in [2.75, 3.05) is 7.05 Å². The van der Waals surface area contributed by atoms with Crippen LogP contribution in [0.5, 0.6) is 5.75 Å². The lowest BCUT2D eigenvalue weighted by atomic mass is 10.2. The zero-order valence-electron chi connectivity index (χ0n) is 11.8. The molecule has 0 saturated heterocycles. The summed E-state index contributed by atoms with van der Waals surface area (Å²) in [6.07, 6.45) is 4.04. The number of carbonyl (C=O) groups excluding carboxylic acids is 1. The van der Waals surface area contributed by atoms with Crippen LogP contribution in [-0.4, -0.2) is 27.5 Å². The third-order valence-electron chi connectivity index (χ3n) is 3.68. The third-order valence-corrected chi connectivity index (χ3v) is 3.88. The second-order valence-corrected chi connectivity index (χ2v) is 5.95. The maximum atomic E-state index is 12.6. The molecule has 1 fully saturated rings. The van der Waals surface area contributed by atoms with E-state index in [0.717, 1.165) is 18.4 Å². The predicted octanol–water partition coefficient (Wildman–Crippen LogP) is 3.45. The van der Waals surface area contributed by atoms with E-state index in [-0.39, 0.29) is 11.7 Å². The minimum absolute atomic E-state index is 0.0399. The highest BCUT2D eigenvalue weighted by Gasteiger charge is 2.28. The molecule has 0 spiro atoms. The monoisotopic (exact) mass is 304 g/mol. The fourth-order valence-corrected chi connectivity index (χ4v) is 2.62. The molecule has 0 radical (unpaired) electrons. The Balaban J connectivity index is 1.76. The Bertz CT molecular complexity index is 659. The molecule has 1 aromatic carbocycles. The molecular formula is C16H17ClN2O2. The van der Waals surface area contributed by atoms with Crippen LogP contribution >= 0.6 is 11.6 Å². The van der Waals surface area contributed by atoms with Crippen molar-refractivity contribution in [3.63, 3.8) is 0 Å².